The van der Waals surface area contributed by atoms with Crippen molar-refractivity contribution in [3.63, 3.8) is 0 Å². The summed E-state index contributed by atoms with van der Waals surface area (Å²) in [7, 11) is -4.09. The normalized spacial score (nSPS) is 13.5. The third-order valence-corrected chi connectivity index (χ3v) is 6.94. The number of carbonyl (C=O) groups excluding carboxylic acids is 1. The van der Waals surface area contributed by atoms with Crippen molar-refractivity contribution in [2.45, 2.75) is 17.7 Å². The van der Waals surface area contributed by atoms with Crippen molar-refractivity contribution in [3.8, 4) is 5.75 Å². The molecule has 10 heteroatoms. The average Bonchev–Trinajstić information content (AvgIpc) is 3.64. The summed E-state index contributed by atoms with van der Waals surface area (Å²) in [6.07, 6.45) is 1.77. The molecule has 0 spiro atoms. The van der Waals surface area contributed by atoms with Gasteiger partial charge in [0, 0.05) is 29.9 Å². The number of amides is 1. The third-order valence-electron chi connectivity index (χ3n) is 5.68. The molecule has 9 nitrogen and oxygen atoms in total. The molecule has 1 saturated carbocycles. The van der Waals surface area contributed by atoms with Gasteiger partial charge in [0.25, 0.3) is 0 Å². The zero-order valence-electron chi connectivity index (χ0n) is 18.7. The second-order valence-electron chi connectivity index (χ2n) is 8.27. The molecule has 1 aliphatic rings. The number of nitrogens with one attached hydrogen (secondary N) is 2. The maximum atomic E-state index is 12.9. The number of nitrogens with zero attached hydrogens (tertiary/aromatic N) is 2. The summed E-state index contributed by atoms with van der Waals surface area (Å²) in [5.74, 6) is 0.410. The Morgan fingerprint density at radius 3 is 2.46 bits per heavy atom. The van der Waals surface area contributed by atoms with Gasteiger partial charge in [0.15, 0.2) is 0 Å². The molecule has 3 aromatic carbocycles. The third kappa shape index (κ3) is 5.13. The standard InChI is InChI=1S/C25H24N4O5S/c30-15-14-29(18-4-2-1-3-5-18)19-8-11-21(12-9-19)35(32,33)34-20-10-13-22-23(16-20)27-25(26-22)28-24(31)17-6-7-17/h1-5,8-13,16-17,30H,6-7,14-15H2,(H2,26,27,28,31). The number of H-pyrrole nitrogens is 1. The summed E-state index contributed by atoms with van der Waals surface area (Å²) in [6, 6.07) is 20.5. The van der Waals surface area contributed by atoms with Crippen molar-refractivity contribution >= 4 is 44.4 Å². The SMILES string of the molecule is O=C(Nc1nc2ccc(OS(=O)(=O)c3ccc(N(CCO)c4ccccc4)cc3)cc2[nH]1)C1CC1. The lowest BCUT2D eigenvalue weighted by atomic mass is 10.2. The maximum absolute atomic E-state index is 12.9. The van der Waals surface area contributed by atoms with E-state index in [4.69, 9.17) is 4.18 Å². The summed E-state index contributed by atoms with van der Waals surface area (Å²) < 4.78 is 31.1. The van der Waals surface area contributed by atoms with Gasteiger partial charge in [0.05, 0.1) is 17.6 Å². The number of aliphatic hydroxyl groups is 1. The Labute approximate surface area is 202 Å². The van der Waals surface area contributed by atoms with E-state index in [9.17, 15) is 18.3 Å². The van der Waals surface area contributed by atoms with Crippen LogP contribution in [0.2, 0.25) is 0 Å². The van der Waals surface area contributed by atoms with Crippen LogP contribution in [0.25, 0.3) is 11.0 Å². The highest BCUT2D eigenvalue weighted by molar-refractivity contribution is 7.87. The van der Waals surface area contributed by atoms with Crippen LogP contribution in [0.1, 0.15) is 12.8 Å². The first-order valence-corrected chi connectivity index (χ1v) is 12.6. The number of benzene rings is 3. The first kappa shape index (κ1) is 22.9. The number of anilines is 3. The fourth-order valence-electron chi connectivity index (χ4n) is 3.75. The zero-order valence-corrected chi connectivity index (χ0v) is 19.5. The molecule has 0 aliphatic heterocycles. The zero-order chi connectivity index (χ0) is 24.4. The van der Waals surface area contributed by atoms with Crippen LogP contribution in [0.3, 0.4) is 0 Å². The number of carbonyl (C=O) groups is 1. The summed E-state index contributed by atoms with van der Waals surface area (Å²) in [5.41, 5.74) is 2.74. The topological polar surface area (TPSA) is 125 Å². The molecule has 0 radical (unpaired) electrons. The van der Waals surface area contributed by atoms with Gasteiger partial charge in [-0.3, -0.25) is 10.1 Å². The first-order chi connectivity index (χ1) is 16.9. The fourth-order valence-corrected chi connectivity index (χ4v) is 4.67. The molecule has 0 atom stereocenters. The first-order valence-electron chi connectivity index (χ1n) is 11.2. The van der Waals surface area contributed by atoms with E-state index in [0.29, 0.717) is 23.5 Å². The second-order valence-corrected chi connectivity index (χ2v) is 9.82. The number of hydrogen-bond acceptors (Lipinski definition) is 7. The van der Waals surface area contributed by atoms with Gasteiger partial charge < -0.3 is 19.2 Å². The average molecular weight is 493 g/mol. The van der Waals surface area contributed by atoms with E-state index >= 15 is 0 Å². The molecule has 180 valence electrons. The van der Waals surface area contributed by atoms with Crippen molar-refractivity contribution in [1.82, 2.24) is 9.97 Å². The van der Waals surface area contributed by atoms with Gasteiger partial charge in [-0.15, -0.1) is 0 Å². The predicted molar refractivity (Wildman–Crippen MR) is 132 cm³/mol. The monoisotopic (exact) mass is 492 g/mol. The smallest absolute Gasteiger partial charge is 0.339 e. The molecule has 3 N–H and O–H groups in total. The molecule has 0 saturated heterocycles. The molecule has 4 aromatic rings. The highest BCUT2D eigenvalue weighted by atomic mass is 32.2. The van der Waals surface area contributed by atoms with Crippen LogP contribution in [-0.2, 0) is 14.9 Å². The molecular formula is C25H24N4O5S. The minimum Gasteiger partial charge on any atom is -0.395 e. The number of rotatable bonds is 9. The van der Waals surface area contributed by atoms with Crippen LogP contribution in [-0.4, -0.2) is 42.6 Å². The van der Waals surface area contributed by atoms with Crippen LogP contribution in [0.15, 0.2) is 77.7 Å². The van der Waals surface area contributed by atoms with Gasteiger partial charge in [-0.2, -0.15) is 8.42 Å². The molecule has 1 fully saturated rings. The minimum atomic E-state index is -4.09. The molecule has 1 amide bonds. The van der Waals surface area contributed by atoms with Crippen LogP contribution < -0.4 is 14.4 Å². The minimum absolute atomic E-state index is 0.000327. The fraction of sp³-hybridized carbons (Fsp3) is 0.200. The molecule has 0 bridgehead atoms. The Bertz CT molecular complexity index is 1450. The number of aromatic nitrogens is 2. The lowest BCUT2D eigenvalue weighted by Crippen LogP contribution is -2.21. The highest BCUT2D eigenvalue weighted by Crippen LogP contribution is 2.31. The largest absolute Gasteiger partial charge is 0.395 e. The Kier molecular flexibility index (Phi) is 6.14. The van der Waals surface area contributed by atoms with Crippen LogP contribution in [0, 0.1) is 5.92 Å². The number of hydrogen-bond donors (Lipinski definition) is 3. The van der Waals surface area contributed by atoms with Gasteiger partial charge in [-0.1, -0.05) is 18.2 Å². The lowest BCUT2D eigenvalue weighted by Gasteiger charge is -2.24. The van der Waals surface area contributed by atoms with Crippen LogP contribution in [0.4, 0.5) is 17.3 Å². The van der Waals surface area contributed by atoms with Crippen LogP contribution in [0.5, 0.6) is 5.75 Å². The Morgan fingerprint density at radius 1 is 1.06 bits per heavy atom. The molecule has 1 heterocycles. The number of fused-ring (bicyclic) bond motifs is 1. The highest BCUT2D eigenvalue weighted by Gasteiger charge is 2.30. The quantitative estimate of drug-likeness (QED) is 0.304. The van der Waals surface area contributed by atoms with Crippen molar-refractivity contribution in [2.24, 2.45) is 5.92 Å². The van der Waals surface area contributed by atoms with Gasteiger partial charge >= 0.3 is 10.1 Å². The van der Waals surface area contributed by atoms with E-state index in [-0.39, 0.29) is 29.1 Å². The predicted octanol–water partition coefficient (Wildman–Crippen LogP) is 3.81. The van der Waals surface area contributed by atoms with E-state index in [1.165, 1.54) is 24.3 Å². The Morgan fingerprint density at radius 2 is 1.77 bits per heavy atom. The van der Waals surface area contributed by atoms with Crippen molar-refractivity contribution in [1.29, 1.82) is 0 Å². The summed E-state index contributed by atoms with van der Waals surface area (Å²) in [6.45, 7) is 0.306. The van der Waals surface area contributed by atoms with E-state index in [1.54, 1.807) is 18.2 Å². The molecule has 0 unspecified atom stereocenters. The Hall–Kier alpha value is -3.89. The van der Waals surface area contributed by atoms with Crippen molar-refractivity contribution in [2.75, 3.05) is 23.4 Å². The van der Waals surface area contributed by atoms with Crippen LogP contribution >= 0.6 is 0 Å². The van der Waals surface area contributed by atoms with E-state index in [2.05, 4.69) is 15.3 Å². The number of aromatic amines is 1. The Balaban J connectivity index is 1.33. The second kappa shape index (κ2) is 9.40. The van der Waals surface area contributed by atoms with Gasteiger partial charge in [0.1, 0.15) is 10.6 Å². The molecule has 35 heavy (non-hydrogen) atoms. The molecule has 1 aromatic heterocycles. The van der Waals surface area contributed by atoms with Gasteiger partial charge in [-0.05, 0) is 61.4 Å². The summed E-state index contributed by atoms with van der Waals surface area (Å²) >= 11 is 0. The van der Waals surface area contributed by atoms with E-state index < -0.39 is 10.1 Å². The molecular weight excluding hydrogens is 468 g/mol. The van der Waals surface area contributed by atoms with Crippen molar-refractivity contribution < 1.29 is 22.5 Å². The number of imidazole rings is 1. The molecule has 5 rings (SSSR count). The number of aliphatic hydroxyl groups excluding tert-OH is 1. The lowest BCUT2D eigenvalue weighted by molar-refractivity contribution is -0.117. The molecule has 1 aliphatic carbocycles. The summed E-state index contributed by atoms with van der Waals surface area (Å²) in [4.78, 5) is 21.1. The van der Waals surface area contributed by atoms with E-state index in [0.717, 1.165) is 24.2 Å². The number of para-hydroxylation sites is 1. The van der Waals surface area contributed by atoms with Gasteiger partial charge in [-0.25, -0.2) is 4.98 Å². The maximum Gasteiger partial charge on any atom is 0.339 e. The summed E-state index contributed by atoms with van der Waals surface area (Å²) in [5, 5.41) is 12.2. The van der Waals surface area contributed by atoms with Gasteiger partial charge in [0.2, 0.25) is 11.9 Å². The van der Waals surface area contributed by atoms with Crippen molar-refractivity contribution in [3.05, 3.63) is 72.8 Å². The van der Waals surface area contributed by atoms with E-state index in [1.807, 2.05) is 35.2 Å².